The largest absolute Gasteiger partial charge is 0.489 e. The lowest BCUT2D eigenvalue weighted by molar-refractivity contribution is -0.122. The fourth-order valence-electron chi connectivity index (χ4n) is 3.52. The van der Waals surface area contributed by atoms with Crippen LogP contribution in [0, 0.1) is 5.92 Å². The molecule has 0 atom stereocenters. The van der Waals surface area contributed by atoms with E-state index in [1.807, 2.05) is 12.1 Å². The van der Waals surface area contributed by atoms with Gasteiger partial charge in [-0.3, -0.25) is 20.4 Å². The Balaban J connectivity index is 1.38. The van der Waals surface area contributed by atoms with E-state index in [1.54, 1.807) is 36.4 Å². The van der Waals surface area contributed by atoms with Gasteiger partial charge < -0.3 is 4.74 Å². The third-order valence-corrected chi connectivity index (χ3v) is 5.51. The summed E-state index contributed by atoms with van der Waals surface area (Å²) in [5.41, 5.74) is 6.42. The van der Waals surface area contributed by atoms with Crippen LogP contribution in [0.15, 0.2) is 48.5 Å². The molecule has 2 N–H and O–H groups in total. The zero-order chi connectivity index (χ0) is 20.5. The highest BCUT2D eigenvalue weighted by Gasteiger charge is 2.15. The lowest BCUT2D eigenvalue weighted by atomic mass is 9.86. The maximum atomic E-state index is 12.2. The number of benzene rings is 2. The average molecular weight is 415 g/mol. The van der Waals surface area contributed by atoms with E-state index in [1.165, 1.54) is 32.1 Å². The molecule has 2 aromatic rings. The molecular weight excluding hydrogens is 388 g/mol. The SMILES string of the molecule is O=C(CCC1CCCCC1)NNC(=O)c1ccc(COc2ccc(Cl)cc2)cc1. The standard InChI is InChI=1S/C23H27ClN2O3/c24-20-11-13-21(14-12-20)29-16-18-6-9-19(10-7-18)23(28)26-25-22(27)15-8-17-4-2-1-3-5-17/h6-7,9-14,17H,1-5,8,15-16H2,(H,25,27)(H,26,28). The van der Waals surface area contributed by atoms with Gasteiger partial charge >= 0.3 is 0 Å². The Hall–Kier alpha value is -2.53. The zero-order valence-electron chi connectivity index (χ0n) is 16.5. The summed E-state index contributed by atoms with van der Waals surface area (Å²) in [7, 11) is 0. The first kappa shape index (κ1) is 21.2. The Labute approximate surface area is 176 Å². The highest BCUT2D eigenvalue weighted by Crippen LogP contribution is 2.27. The van der Waals surface area contributed by atoms with Crippen LogP contribution in [-0.2, 0) is 11.4 Å². The first-order chi connectivity index (χ1) is 14.1. The Morgan fingerprint density at radius 1 is 0.931 bits per heavy atom. The van der Waals surface area contributed by atoms with Crippen LogP contribution in [0.2, 0.25) is 5.02 Å². The Morgan fingerprint density at radius 2 is 1.62 bits per heavy atom. The highest BCUT2D eigenvalue weighted by atomic mass is 35.5. The summed E-state index contributed by atoms with van der Waals surface area (Å²) in [6.07, 6.45) is 7.62. The van der Waals surface area contributed by atoms with Crippen LogP contribution >= 0.6 is 11.6 Å². The highest BCUT2D eigenvalue weighted by molar-refractivity contribution is 6.30. The molecule has 2 amide bonds. The minimum Gasteiger partial charge on any atom is -0.489 e. The van der Waals surface area contributed by atoms with Crippen molar-refractivity contribution >= 4 is 23.4 Å². The van der Waals surface area contributed by atoms with Crippen LogP contribution in [0.4, 0.5) is 0 Å². The average Bonchev–Trinajstić information content (AvgIpc) is 2.76. The molecule has 0 unspecified atom stereocenters. The van der Waals surface area contributed by atoms with Crippen molar-refractivity contribution in [1.82, 2.24) is 10.9 Å². The molecule has 154 valence electrons. The maximum Gasteiger partial charge on any atom is 0.269 e. The topological polar surface area (TPSA) is 67.4 Å². The summed E-state index contributed by atoms with van der Waals surface area (Å²) in [4.78, 5) is 24.2. The number of rotatable bonds is 7. The molecule has 1 aliphatic rings. The Bertz CT molecular complexity index is 800. The summed E-state index contributed by atoms with van der Waals surface area (Å²) < 4.78 is 5.69. The second kappa shape index (κ2) is 10.9. The van der Waals surface area contributed by atoms with Crippen LogP contribution in [-0.4, -0.2) is 11.8 Å². The van der Waals surface area contributed by atoms with Gasteiger partial charge in [0, 0.05) is 17.0 Å². The van der Waals surface area contributed by atoms with Crippen LogP contribution in [0.3, 0.4) is 0 Å². The number of halogens is 1. The molecule has 2 aromatic carbocycles. The number of hydrogen-bond acceptors (Lipinski definition) is 3. The van der Waals surface area contributed by atoms with Gasteiger partial charge in [0.15, 0.2) is 0 Å². The fraction of sp³-hybridized carbons (Fsp3) is 0.391. The molecule has 1 saturated carbocycles. The van der Waals surface area contributed by atoms with Crippen molar-refractivity contribution in [2.45, 2.75) is 51.6 Å². The lowest BCUT2D eigenvalue weighted by Gasteiger charge is -2.21. The van der Waals surface area contributed by atoms with Crippen molar-refractivity contribution in [3.8, 4) is 5.75 Å². The fourth-order valence-corrected chi connectivity index (χ4v) is 3.65. The molecule has 3 rings (SSSR count). The molecule has 0 bridgehead atoms. The van der Waals surface area contributed by atoms with Gasteiger partial charge in [0.1, 0.15) is 12.4 Å². The van der Waals surface area contributed by atoms with Crippen molar-refractivity contribution in [3.05, 3.63) is 64.7 Å². The summed E-state index contributed by atoms with van der Waals surface area (Å²) in [6, 6.07) is 14.2. The predicted molar refractivity (Wildman–Crippen MR) is 114 cm³/mol. The Morgan fingerprint density at radius 3 is 2.31 bits per heavy atom. The van der Waals surface area contributed by atoms with Gasteiger partial charge in [-0.1, -0.05) is 55.8 Å². The number of carbonyl (C=O) groups excluding carboxylic acids is 2. The molecule has 0 spiro atoms. The monoisotopic (exact) mass is 414 g/mol. The molecule has 0 radical (unpaired) electrons. The molecule has 0 heterocycles. The minimum absolute atomic E-state index is 0.142. The van der Waals surface area contributed by atoms with Gasteiger partial charge in [0.2, 0.25) is 5.91 Å². The summed E-state index contributed by atoms with van der Waals surface area (Å²) >= 11 is 5.85. The van der Waals surface area contributed by atoms with Gasteiger partial charge in [0.25, 0.3) is 5.91 Å². The zero-order valence-corrected chi connectivity index (χ0v) is 17.2. The Kier molecular flexibility index (Phi) is 7.94. The first-order valence-electron chi connectivity index (χ1n) is 10.2. The van der Waals surface area contributed by atoms with Crippen molar-refractivity contribution in [2.75, 3.05) is 0 Å². The van der Waals surface area contributed by atoms with Gasteiger partial charge in [-0.05, 0) is 54.3 Å². The molecule has 6 heteroatoms. The molecule has 5 nitrogen and oxygen atoms in total. The van der Waals surface area contributed by atoms with E-state index in [9.17, 15) is 9.59 Å². The van der Waals surface area contributed by atoms with E-state index in [2.05, 4.69) is 10.9 Å². The minimum atomic E-state index is -0.332. The van der Waals surface area contributed by atoms with Crippen LogP contribution < -0.4 is 15.6 Å². The second-order valence-corrected chi connectivity index (χ2v) is 7.92. The second-order valence-electron chi connectivity index (χ2n) is 7.48. The smallest absolute Gasteiger partial charge is 0.269 e. The van der Waals surface area contributed by atoms with Crippen molar-refractivity contribution in [1.29, 1.82) is 0 Å². The molecule has 29 heavy (non-hydrogen) atoms. The van der Waals surface area contributed by atoms with Crippen molar-refractivity contribution in [3.63, 3.8) is 0 Å². The van der Waals surface area contributed by atoms with Crippen LogP contribution in [0.5, 0.6) is 5.75 Å². The quantitative estimate of drug-likeness (QED) is 0.623. The molecule has 0 saturated heterocycles. The number of hydrazine groups is 1. The third-order valence-electron chi connectivity index (χ3n) is 5.26. The molecule has 1 fully saturated rings. The van der Waals surface area contributed by atoms with Gasteiger partial charge in [-0.15, -0.1) is 0 Å². The molecule has 0 aromatic heterocycles. The van der Waals surface area contributed by atoms with Crippen molar-refractivity contribution < 1.29 is 14.3 Å². The first-order valence-corrected chi connectivity index (χ1v) is 10.5. The van der Waals surface area contributed by atoms with Gasteiger partial charge in [-0.2, -0.15) is 0 Å². The summed E-state index contributed by atoms with van der Waals surface area (Å²) in [5.74, 6) is 0.901. The lowest BCUT2D eigenvalue weighted by Crippen LogP contribution is -2.41. The van der Waals surface area contributed by atoms with E-state index >= 15 is 0 Å². The molecule has 0 aliphatic heterocycles. The predicted octanol–water partition coefficient (Wildman–Crippen LogP) is 5.04. The van der Waals surface area contributed by atoms with E-state index < -0.39 is 0 Å². The van der Waals surface area contributed by atoms with Crippen LogP contribution in [0.25, 0.3) is 0 Å². The normalized spacial score (nSPS) is 14.2. The number of carbonyl (C=O) groups is 2. The van der Waals surface area contributed by atoms with E-state index in [0.717, 1.165) is 17.7 Å². The third kappa shape index (κ3) is 7.09. The van der Waals surface area contributed by atoms with Crippen LogP contribution in [0.1, 0.15) is 60.9 Å². The number of nitrogens with one attached hydrogen (secondary N) is 2. The van der Waals surface area contributed by atoms with Gasteiger partial charge in [-0.25, -0.2) is 0 Å². The van der Waals surface area contributed by atoms with Gasteiger partial charge in [0.05, 0.1) is 0 Å². The molecular formula is C23H27ClN2O3. The molecule has 1 aliphatic carbocycles. The number of ether oxygens (including phenoxy) is 1. The number of amides is 2. The summed E-state index contributed by atoms with van der Waals surface area (Å²) in [6.45, 7) is 0.390. The van der Waals surface area contributed by atoms with E-state index in [4.69, 9.17) is 16.3 Å². The maximum absolute atomic E-state index is 12.2. The van der Waals surface area contributed by atoms with E-state index in [-0.39, 0.29) is 11.8 Å². The van der Waals surface area contributed by atoms with Crippen molar-refractivity contribution in [2.24, 2.45) is 5.92 Å². The van der Waals surface area contributed by atoms with E-state index in [0.29, 0.717) is 29.5 Å². The summed E-state index contributed by atoms with van der Waals surface area (Å²) in [5, 5.41) is 0.661. The number of hydrogen-bond donors (Lipinski definition) is 2.